The van der Waals surface area contributed by atoms with Crippen molar-refractivity contribution in [1.29, 1.82) is 0 Å². The first-order valence-electron chi connectivity index (χ1n) is 8.84. The van der Waals surface area contributed by atoms with Crippen molar-refractivity contribution in [2.24, 2.45) is 16.1 Å². The van der Waals surface area contributed by atoms with E-state index in [4.69, 9.17) is 11.6 Å². The molecule has 1 fully saturated rings. The number of rotatable bonds is 4. The van der Waals surface area contributed by atoms with Gasteiger partial charge in [0.25, 0.3) is 0 Å². The van der Waals surface area contributed by atoms with Crippen molar-refractivity contribution in [1.82, 2.24) is 0 Å². The van der Waals surface area contributed by atoms with Gasteiger partial charge in [-0.1, -0.05) is 11.6 Å². The molecule has 0 aromatic heterocycles. The standard InChI is InChI=1S/C20H15ClF3N3O2/c21-14-3-5-15(6-4-14)27-11-13(9-19(27)28)18-10-17(25-26-18)12-1-7-16(8-2-12)29-20(22,23)24/h1-8,13H,9-11H2. The molecular formula is C20H15ClF3N3O2. The average Bonchev–Trinajstić information content (AvgIpc) is 3.29. The minimum atomic E-state index is -4.73. The molecule has 0 saturated carbocycles. The first-order valence-corrected chi connectivity index (χ1v) is 9.22. The molecule has 1 unspecified atom stereocenters. The number of carbonyl (C=O) groups excluding carboxylic acids is 1. The van der Waals surface area contributed by atoms with Crippen LogP contribution >= 0.6 is 11.6 Å². The van der Waals surface area contributed by atoms with Gasteiger partial charge in [0.05, 0.1) is 11.4 Å². The van der Waals surface area contributed by atoms with E-state index in [1.807, 2.05) is 0 Å². The number of hydrogen-bond acceptors (Lipinski definition) is 4. The molecular weight excluding hydrogens is 407 g/mol. The molecule has 2 aromatic carbocycles. The van der Waals surface area contributed by atoms with Crippen molar-refractivity contribution in [2.75, 3.05) is 11.4 Å². The fourth-order valence-electron chi connectivity index (χ4n) is 3.40. The summed E-state index contributed by atoms with van der Waals surface area (Å²) in [5.74, 6) is -0.352. The number of carbonyl (C=O) groups is 1. The molecule has 1 amide bonds. The highest BCUT2D eigenvalue weighted by molar-refractivity contribution is 6.30. The number of nitrogens with zero attached hydrogens (tertiary/aromatic N) is 3. The molecule has 2 aromatic rings. The van der Waals surface area contributed by atoms with Crippen molar-refractivity contribution in [2.45, 2.75) is 19.2 Å². The van der Waals surface area contributed by atoms with Gasteiger partial charge in [-0.15, -0.1) is 13.2 Å². The number of halogens is 4. The molecule has 5 nitrogen and oxygen atoms in total. The largest absolute Gasteiger partial charge is 0.573 e. The monoisotopic (exact) mass is 421 g/mol. The van der Waals surface area contributed by atoms with Gasteiger partial charge in [-0.25, -0.2) is 0 Å². The molecule has 0 radical (unpaired) electrons. The average molecular weight is 422 g/mol. The van der Waals surface area contributed by atoms with E-state index in [1.165, 1.54) is 24.3 Å². The minimum Gasteiger partial charge on any atom is -0.406 e. The molecule has 0 aliphatic carbocycles. The SMILES string of the molecule is O=C1CC(C2=NN=C(c3ccc(OC(F)(F)F)cc3)C2)CN1c1ccc(Cl)cc1. The maximum atomic E-state index is 12.4. The maximum absolute atomic E-state index is 12.4. The number of amides is 1. The lowest BCUT2D eigenvalue weighted by Gasteiger charge is -2.16. The molecule has 2 aliphatic heterocycles. The smallest absolute Gasteiger partial charge is 0.406 e. The molecule has 9 heteroatoms. The Hall–Kier alpha value is -2.87. The Labute approximate surface area is 169 Å². The number of ether oxygens (including phenoxy) is 1. The van der Waals surface area contributed by atoms with Gasteiger partial charge in [-0.2, -0.15) is 10.2 Å². The van der Waals surface area contributed by atoms with Crippen molar-refractivity contribution in [3.05, 3.63) is 59.1 Å². The van der Waals surface area contributed by atoms with Gasteiger partial charge in [-0.05, 0) is 54.1 Å². The summed E-state index contributed by atoms with van der Waals surface area (Å²) in [5.41, 5.74) is 2.88. The third-order valence-electron chi connectivity index (χ3n) is 4.80. The van der Waals surface area contributed by atoms with Crippen LogP contribution in [0.2, 0.25) is 5.02 Å². The highest BCUT2D eigenvalue weighted by atomic mass is 35.5. The van der Waals surface area contributed by atoms with Gasteiger partial charge in [0.1, 0.15) is 5.75 Å². The van der Waals surface area contributed by atoms with Crippen molar-refractivity contribution >= 4 is 34.6 Å². The van der Waals surface area contributed by atoms with E-state index in [0.717, 1.165) is 11.4 Å². The van der Waals surface area contributed by atoms with Crippen LogP contribution in [0.15, 0.2) is 58.7 Å². The van der Waals surface area contributed by atoms with E-state index in [0.29, 0.717) is 35.7 Å². The molecule has 29 heavy (non-hydrogen) atoms. The van der Waals surface area contributed by atoms with Gasteiger partial charge in [0.2, 0.25) is 5.91 Å². The van der Waals surface area contributed by atoms with Gasteiger partial charge in [-0.3, -0.25) is 4.79 Å². The molecule has 0 spiro atoms. The zero-order valence-electron chi connectivity index (χ0n) is 15.0. The Balaban J connectivity index is 1.39. The third kappa shape index (κ3) is 4.42. The van der Waals surface area contributed by atoms with Gasteiger partial charge in [0.15, 0.2) is 0 Å². The van der Waals surface area contributed by atoms with E-state index in [2.05, 4.69) is 14.9 Å². The van der Waals surface area contributed by atoms with Gasteiger partial charge >= 0.3 is 6.36 Å². The van der Waals surface area contributed by atoms with Gasteiger partial charge < -0.3 is 9.64 Å². The van der Waals surface area contributed by atoms with E-state index in [9.17, 15) is 18.0 Å². The lowest BCUT2D eigenvalue weighted by molar-refractivity contribution is -0.274. The van der Waals surface area contributed by atoms with Crippen LogP contribution < -0.4 is 9.64 Å². The number of hydrogen-bond donors (Lipinski definition) is 0. The van der Waals surface area contributed by atoms with E-state index in [-0.39, 0.29) is 17.6 Å². The number of alkyl halides is 3. The summed E-state index contributed by atoms with van der Waals surface area (Å²) in [6, 6.07) is 12.6. The summed E-state index contributed by atoms with van der Waals surface area (Å²) < 4.78 is 40.7. The molecule has 150 valence electrons. The highest BCUT2D eigenvalue weighted by Crippen LogP contribution is 2.30. The van der Waals surface area contributed by atoms with Crippen LogP contribution in [0.5, 0.6) is 5.75 Å². The quantitative estimate of drug-likeness (QED) is 0.709. The molecule has 2 heterocycles. The van der Waals surface area contributed by atoms with Gasteiger partial charge in [0, 0.05) is 36.0 Å². The summed E-state index contributed by atoms with van der Waals surface area (Å²) >= 11 is 5.90. The summed E-state index contributed by atoms with van der Waals surface area (Å²) in [6.07, 6.45) is -3.94. The fraction of sp³-hybridized carbons (Fsp3) is 0.250. The molecule has 0 N–H and O–H groups in total. The molecule has 0 bridgehead atoms. The topological polar surface area (TPSA) is 54.3 Å². The van der Waals surface area contributed by atoms with Crippen molar-refractivity contribution in [3.8, 4) is 5.75 Å². The molecule has 2 aliphatic rings. The fourth-order valence-corrected chi connectivity index (χ4v) is 3.53. The predicted octanol–water partition coefficient (Wildman–Crippen LogP) is 4.84. The Kier molecular flexibility index (Phi) is 5.04. The van der Waals surface area contributed by atoms with Crippen LogP contribution in [-0.2, 0) is 4.79 Å². The highest BCUT2D eigenvalue weighted by Gasteiger charge is 2.35. The Morgan fingerprint density at radius 3 is 2.38 bits per heavy atom. The second kappa shape index (κ2) is 7.51. The van der Waals surface area contributed by atoms with Crippen LogP contribution in [0.4, 0.5) is 18.9 Å². The maximum Gasteiger partial charge on any atom is 0.573 e. The summed E-state index contributed by atoms with van der Waals surface area (Å²) in [5, 5.41) is 8.99. The molecule has 1 atom stereocenters. The Bertz CT molecular complexity index is 986. The zero-order valence-corrected chi connectivity index (χ0v) is 15.7. The van der Waals surface area contributed by atoms with E-state index < -0.39 is 6.36 Å². The molecule has 1 saturated heterocycles. The summed E-state index contributed by atoms with van der Waals surface area (Å²) in [4.78, 5) is 14.1. The van der Waals surface area contributed by atoms with E-state index >= 15 is 0 Å². The van der Waals surface area contributed by atoms with Crippen LogP contribution in [0.1, 0.15) is 18.4 Å². The van der Waals surface area contributed by atoms with E-state index in [1.54, 1.807) is 29.2 Å². The second-order valence-corrected chi connectivity index (χ2v) is 7.21. The minimum absolute atomic E-state index is 0.00197. The first-order chi connectivity index (χ1) is 13.8. The Morgan fingerprint density at radius 1 is 1.03 bits per heavy atom. The summed E-state index contributed by atoms with van der Waals surface area (Å²) in [6.45, 7) is 0.500. The zero-order chi connectivity index (χ0) is 20.6. The van der Waals surface area contributed by atoms with Crippen molar-refractivity contribution in [3.63, 3.8) is 0 Å². The normalized spacial score (nSPS) is 19.4. The number of benzene rings is 2. The number of anilines is 1. The van der Waals surface area contributed by atoms with Crippen LogP contribution in [-0.4, -0.2) is 30.2 Å². The second-order valence-electron chi connectivity index (χ2n) is 6.77. The summed E-state index contributed by atoms with van der Waals surface area (Å²) in [7, 11) is 0. The first kappa shape index (κ1) is 19.4. The predicted molar refractivity (Wildman–Crippen MR) is 104 cm³/mol. The van der Waals surface area contributed by atoms with Crippen LogP contribution in [0, 0.1) is 5.92 Å². The lowest BCUT2D eigenvalue weighted by atomic mass is 9.96. The van der Waals surface area contributed by atoms with Crippen molar-refractivity contribution < 1.29 is 22.7 Å². The molecule has 4 rings (SSSR count). The lowest BCUT2D eigenvalue weighted by Crippen LogP contribution is -2.25. The van der Waals surface area contributed by atoms with Crippen LogP contribution in [0.25, 0.3) is 0 Å². The third-order valence-corrected chi connectivity index (χ3v) is 5.06. The van der Waals surface area contributed by atoms with Crippen LogP contribution in [0.3, 0.4) is 0 Å². The Morgan fingerprint density at radius 2 is 1.72 bits per heavy atom.